The summed E-state index contributed by atoms with van der Waals surface area (Å²) in [7, 11) is 1.04. The van der Waals surface area contributed by atoms with Crippen LogP contribution in [0, 0.1) is 0 Å². The van der Waals surface area contributed by atoms with Crippen LogP contribution in [-0.2, 0) is 14.6 Å². The molecule has 1 atom stereocenters. The third-order valence-electron chi connectivity index (χ3n) is 4.42. The number of benzene rings is 1. The second-order valence-electron chi connectivity index (χ2n) is 6.42. The van der Waals surface area contributed by atoms with Gasteiger partial charge in [0.05, 0.1) is 11.5 Å². The summed E-state index contributed by atoms with van der Waals surface area (Å²) >= 11 is 0. The predicted octanol–water partition coefficient (Wildman–Crippen LogP) is 1.59. The van der Waals surface area contributed by atoms with Crippen molar-refractivity contribution in [3.8, 4) is 0 Å². The van der Waals surface area contributed by atoms with Gasteiger partial charge in [0.1, 0.15) is 0 Å². The molecule has 0 saturated carbocycles. The quantitative estimate of drug-likeness (QED) is 0.806. The van der Waals surface area contributed by atoms with E-state index in [-0.39, 0.29) is 23.5 Å². The van der Waals surface area contributed by atoms with E-state index in [1.165, 1.54) is 0 Å². The van der Waals surface area contributed by atoms with Gasteiger partial charge in [0.15, 0.2) is 9.84 Å². The van der Waals surface area contributed by atoms with Crippen LogP contribution in [0.15, 0.2) is 24.3 Å². The predicted molar refractivity (Wildman–Crippen MR) is 98.3 cm³/mol. The summed E-state index contributed by atoms with van der Waals surface area (Å²) in [5, 5.41) is 2.89. The molecule has 0 spiro atoms. The largest absolute Gasteiger partial charge is 0.378 e. The molecule has 1 heterocycles. The first-order valence-corrected chi connectivity index (χ1v) is 10.1. The molecule has 7 heteroatoms. The van der Waals surface area contributed by atoms with Crippen molar-refractivity contribution in [1.29, 1.82) is 0 Å². The molecule has 2 rings (SSSR count). The third kappa shape index (κ3) is 5.21. The number of hydrogen-bond donors (Lipinski definition) is 1. The molecule has 0 bridgehead atoms. The monoisotopic (exact) mass is 353 g/mol. The molecule has 24 heavy (non-hydrogen) atoms. The van der Waals surface area contributed by atoms with E-state index in [2.05, 4.69) is 10.2 Å². The van der Waals surface area contributed by atoms with E-state index in [9.17, 15) is 13.2 Å². The highest BCUT2D eigenvalue weighted by Crippen LogP contribution is 2.18. The molecule has 1 amide bonds. The van der Waals surface area contributed by atoms with Gasteiger partial charge in [0.25, 0.3) is 0 Å². The van der Waals surface area contributed by atoms with Crippen LogP contribution in [0.1, 0.15) is 19.8 Å². The number of carbonyl (C=O) groups excluding carboxylic acids is 1. The first-order valence-electron chi connectivity index (χ1n) is 8.32. The van der Waals surface area contributed by atoms with Gasteiger partial charge in [0, 0.05) is 44.5 Å². The number of amides is 1. The summed E-state index contributed by atoms with van der Waals surface area (Å²) < 4.78 is 23.2. The summed E-state index contributed by atoms with van der Waals surface area (Å²) in [4.78, 5) is 16.2. The van der Waals surface area contributed by atoms with Crippen LogP contribution in [0.5, 0.6) is 0 Å². The van der Waals surface area contributed by atoms with Crippen LogP contribution in [0.2, 0.25) is 0 Å². The lowest BCUT2D eigenvalue weighted by molar-refractivity contribution is -0.116. The number of anilines is 2. The van der Waals surface area contributed by atoms with Gasteiger partial charge >= 0.3 is 0 Å². The van der Waals surface area contributed by atoms with Gasteiger partial charge < -0.3 is 10.2 Å². The lowest BCUT2D eigenvalue weighted by atomic mass is 10.2. The summed E-state index contributed by atoms with van der Waals surface area (Å²) in [5.74, 6) is 0.430. The second kappa shape index (κ2) is 7.98. The Morgan fingerprint density at radius 2 is 1.92 bits per heavy atom. The third-order valence-corrected chi connectivity index (χ3v) is 6.17. The molecule has 1 aliphatic heterocycles. The fourth-order valence-electron chi connectivity index (χ4n) is 2.97. The van der Waals surface area contributed by atoms with Crippen LogP contribution < -0.4 is 10.2 Å². The zero-order chi connectivity index (χ0) is 17.7. The van der Waals surface area contributed by atoms with Gasteiger partial charge in [-0.05, 0) is 37.2 Å². The maximum absolute atomic E-state index is 12.1. The Balaban J connectivity index is 1.83. The summed E-state index contributed by atoms with van der Waals surface area (Å²) in [6.07, 6.45) is 1.03. The summed E-state index contributed by atoms with van der Waals surface area (Å²) in [6.45, 7) is 3.34. The summed E-state index contributed by atoms with van der Waals surface area (Å²) in [6, 6.07) is 7.73. The maximum Gasteiger partial charge on any atom is 0.225 e. The molecule has 6 nitrogen and oxygen atoms in total. The Bertz CT molecular complexity index is 656. The lowest BCUT2D eigenvalue weighted by Crippen LogP contribution is -2.38. The first kappa shape index (κ1) is 18.7. The van der Waals surface area contributed by atoms with E-state index in [0.717, 1.165) is 17.9 Å². The average Bonchev–Trinajstić information content (AvgIpc) is 2.88. The highest BCUT2D eigenvalue weighted by molar-refractivity contribution is 7.91. The minimum atomic E-state index is -2.90. The van der Waals surface area contributed by atoms with Gasteiger partial charge in [0.2, 0.25) is 5.91 Å². The number of hydrogen-bond acceptors (Lipinski definition) is 5. The number of rotatable bonds is 7. The van der Waals surface area contributed by atoms with E-state index in [1.54, 1.807) is 0 Å². The van der Waals surface area contributed by atoms with Crippen LogP contribution in [0.25, 0.3) is 0 Å². The molecule has 1 aromatic rings. The van der Waals surface area contributed by atoms with E-state index in [4.69, 9.17) is 0 Å². The Morgan fingerprint density at radius 1 is 1.25 bits per heavy atom. The molecule has 1 unspecified atom stereocenters. The normalized spacial score (nSPS) is 19.4. The van der Waals surface area contributed by atoms with Crippen molar-refractivity contribution in [2.24, 2.45) is 0 Å². The van der Waals surface area contributed by atoms with Crippen molar-refractivity contribution in [3.63, 3.8) is 0 Å². The van der Waals surface area contributed by atoms with E-state index >= 15 is 0 Å². The standard InChI is InChI=1S/C17H27N3O3S/c1-4-20(16-10-12-24(22,23)13-16)11-9-17(21)18-14-5-7-15(8-6-14)19(2)3/h5-8,16H,4,9-13H2,1-3H3,(H,18,21). The van der Waals surface area contributed by atoms with Crippen molar-refractivity contribution in [2.45, 2.75) is 25.8 Å². The SMILES string of the molecule is CCN(CCC(=O)Nc1ccc(N(C)C)cc1)C1CCS(=O)(=O)C1. The van der Waals surface area contributed by atoms with Crippen LogP contribution in [0.3, 0.4) is 0 Å². The van der Waals surface area contributed by atoms with Crippen molar-refractivity contribution in [3.05, 3.63) is 24.3 Å². The smallest absolute Gasteiger partial charge is 0.225 e. The van der Waals surface area contributed by atoms with Gasteiger partial charge in [-0.2, -0.15) is 0 Å². The van der Waals surface area contributed by atoms with E-state index < -0.39 is 9.84 Å². The minimum Gasteiger partial charge on any atom is -0.378 e. The number of nitrogens with zero attached hydrogens (tertiary/aromatic N) is 2. The Morgan fingerprint density at radius 3 is 2.42 bits per heavy atom. The highest BCUT2D eigenvalue weighted by atomic mass is 32.2. The van der Waals surface area contributed by atoms with Gasteiger partial charge in [-0.1, -0.05) is 6.92 Å². The Labute approximate surface area is 144 Å². The number of carbonyl (C=O) groups is 1. The van der Waals surface area contributed by atoms with Crippen molar-refractivity contribution in [1.82, 2.24) is 4.90 Å². The van der Waals surface area contributed by atoms with Crippen LogP contribution in [0.4, 0.5) is 11.4 Å². The molecule has 1 aromatic carbocycles. The van der Waals surface area contributed by atoms with Crippen molar-refractivity contribution < 1.29 is 13.2 Å². The second-order valence-corrected chi connectivity index (χ2v) is 8.65. The fraction of sp³-hybridized carbons (Fsp3) is 0.588. The van der Waals surface area contributed by atoms with Crippen LogP contribution in [-0.4, -0.2) is 64.0 Å². The van der Waals surface area contributed by atoms with E-state index in [0.29, 0.717) is 19.4 Å². The topological polar surface area (TPSA) is 69.7 Å². The number of nitrogens with one attached hydrogen (secondary N) is 1. The minimum absolute atomic E-state index is 0.0483. The average molecular weight is 353 g/mol. The van der Waals surface area contributed by atoms with E-state index in [1.807, 2.05) is 50.2 Å². The zero-order valence-electron chi connectivity index (χ0n) is 14.7. The van der Waals surface area contributed by atoms with Crippen molar-refractivity contribution >= 4 is 27.1 Å². The molecule has 1 fully saturated rings. The first-order chi connectivity index (χ1) is 11.3. The molecule has 0 aliphatic carbocycles. The van der Waals surface area contributed by atoms with Gasteiger partial charge in [-0.3, -0.25) is 9.69 Å². The lowest BCUT2D eigenvalue weighted by Gasteiger charge is -2.26. The number of sulfone groups is 1. The molecule has 0 radical (unpaired) electrons. The molecule has 134 valence electrons. The molecular formula is C17H27N3O3S. The molecule has 0 aromatic heterocycles. The Kier molecular flexibility index (Phi) is 6.23. The Hall–Kier alpha value is -1.60. The zero-order valence-corrected chi connectivity index (χ0v) is 15.5. The highest BCUT2D eigenvalue weighted by Gasteiger charge is 2.31. The van der Waals surface area contributed by atoms with Crippen molar-refractivity contribution in [2.75, 3.05) is 48.9 Å². The molecule has 1 saturated heterocycles. The molecular weight excluding hydrogens is 326 g/mol. The van der Waals surface area contributed by atoms with Gasteiger partial charge in [-0.15, -0.1) is 0 Å². The molecule has 1 aliphatic rings. The maximum atomic E-state index is 12.1. The van der Waals surface area contributed by atoms with Crippen LogP contribution >= 0.6 is 0 Å². The summed E-state index contributed by atoms with van der Waals surface area (Å²) in [5.41, 5.74) is 1.85. The molecule has 1 N–H and O–H groups in total. The van der Waals surface area contributed by atoms with Gasteiger partial charge in [-0.25, -0.2) is 8.42 Å². The fourth-order valence-corrected chi connectivity index (χ4v) is 4.74.